The van der Waals surface area contributed by atoms with Gasteiger partial charge in [0.25, 0.3) is 0 Å². The number of thioether (sulfide) groups is 1. The van der Waals surface area contributed by atoms with E-state index in [0.29, 0.717) is 16.1 Å². The van der Waals surface area contributed by atoms with Crippen molar-refractivity contribution in [2.45, 2.75) is 4.90 Å². The molecule has 3 aromatic rings. The van der Waals surface area contributed by atoms with Gasteiger partial charge in [0.15, 0.2) is 5.78 Å². The van der Waals surface area contributed by atoms with Crippen LogP contribution in [0.4, 0.5) is 0 Å². The smallest absolute Gasteiger partial charge is 0.196 e. The third kappa shape index (κ3) is 2.13. The van der Waals surface area contributed by atoms with Crippen molar-refractivity contribution in [3.05, 3.63) is 64.8 Å². The van der Waals surface area contributed by atoms with Gasteiger partial charge in [0.1, 0.15) is 0 Å². The minimum absolute atomic E-state index is 0.00528. The van der Waals surface area contributed by atoms with E-state index in [4.69, 9.17) is 11.6 Å². The molecule has 0 fully saturated rings. The number of fused-ring (bicyclic) bond motifs is 1. The monoisotopic (exact) mass is 301 g/mol. The number of aromatic nitrogens is 1. The van der Waals surface area contributed by atoms with Crippen molar-refractivity contribution in [3.8, 4) is 0 Å². The number of benzene rings is 2. The van der Waals surface area contributed by atoms with Gasteiger partial charge in [-0.3, -0.25) is 4.79 Å². The highest BCUT2D eigenvalue weighted by Gasteiger charge is 2.18. The van der Waals surface area contributed by atoms with Crippen LogP contribution >= 0.6 is 23.4 Å². The fourth-order valence-corrected chi connectivity index (χ4v) is 3.17. The van der Waals surface area contributed by atoms with Crippen LogP contribution < -0.4 is 0 Å². The first-order valence-corrected chi connectivity index (χ1v) is 7.76. The number of nitrogens with one attached hydrogen (secondary N) is 1. The van der Waals surface area contributed by atoms with Crippen LogP contribution in [0, 0.1) is 0 Å². The highest BCUT2D eigenvalue weighted by atomic mass is 35.5. The fourth-order valence-electron chi connectivity index (χ4n) is 2.30. The lowest BCUT2D eigenvalue weighted by atomic mass is 10.0. The molecular formula is C16H12ClNOS. The molecule has 0 aliphatic heterocycles. The number of hydrogen-bond donors (Lipinski definition) is 1. The summed E-state index contributed by atoms with van der Waals surface area (Å²) in [4.78, 5) is 16.8. The highest BCUT2D eigenvalue weighted by Crippen LogP contribution is 2.30. The molecule has 2 nitrogen and oxygen atoms in total. The van der Waals surface area contributed by atoms with E-state index in [1.54, 1.807) is 24.0 Å². The molecule has 0 saturated heterocycles. The topological polar surface area (TPSA) is 32.9 Å². The van der Waals surface area contributed by atoms with Crippen molar-refractivity contribution in [1.82, 2.24) is 4.98 Å². The Morgan fingerprint density at radius 3 is 2.70 bits per heavy atom. The Bertz CT molecular complexity index is 794. The second-order valence-electron chi connectivity index (χ2n) is 4.39. The summed E-state index contributed by atoms with van der Waals surface area (Å²) in [6.07, 6.45) is 3.70. The van der Waals surface area contributed by atoms with Gasteiger partial charge in [-0.25, -0.2) is 0 Å². The van der Waals surface area contributed by atoms with Crippen LogP contribution in [0.25, 0.3) is 10.9 Å². The van der Waals surface area contributed by atoms with Crippen LogP contribution in [0.5, 0.6) is 0 Å². The van der Waals surface area contributed by atoms with Gasteiger partial charge in [-0.05, 0) is 30.5 Å². The summed E-state index contributed by atoms with van der Waals surface area (Å²) < 4.78 is 0. The zero-order chi connectivity index (χ0) is 14.1. The molecule has 0 bridgehead atoms. The first-order chi connectivity index (χ1) is 9.72. The third-order valence-electron chi connectivity index (χ3n) is 3.25. The fraction of sp³-hybridized carbons (Fsp3) is 0.0625. The minimum atomic E-state index is -0.00528. The Labute approximate surface area is 126 Å². The maximum absolute atomic E-state index is 12.8. The quantitative estimate of drug-likeness (QED) is 0.558. The largest absolute Gasteiger partial charge is 0.360 e. The summed E-state index contributed by atoms with van der Waals surface area (Å²) in [6.45, 7) is 0. The van der Waals surface area contributed by atoms with E-state index in [-0.39, 0.29) is 5.78 Å². The lowest BCUT2D eigenvalue weighted by molar-refractivity contribution is 0.103. The first-order valence-electron chi connectivity index (χ1n) is 6.15. The molecule has 0 saturated carbocycles. The molecule has 0 radical (unpaired) electrons. The molecule has 0 amide bonds. The van der Waals surface area contributed by atoms with Crippen molar-refractivity contribution < 1.29 is 4.79 Å². The van der Waals surface area contributed by atoms with Crippen LogP contribution in [0.3, 0.4) is 0 Å². The SMILES string of the molecule is CSc1ccccc1C(=O)c1c[nH]c2cccc(Cl)c12. The predicted molar refractivity (Wildman–Crippen MR) is 85.0 cm³/mol. The predicted octanol–water partition coefficient (Wildman–Crippen LogP) is 4.77. The number of aromatic amines is 1. The number of halogens is 1. The molecule has 20 heavy (non-hydrogen) atoms. The van der Waals surface area contributed by atoms with Gasteiger partial charge in [0.05, 0.1) is 5.02 Å². The van der Waals surface area contributed by atoms with Crippen LogP contribution in [0.2, 0.25) is 5.02 Å². The second kappa shape index (κ2) is 5.35. The van der Waals surface area contributed by atoms with Gasteiger partial charge in [-0.2, -0.15) is 0 Å². The van der Waals surface area contributed by atoms with E-state index in [9.17, 15) is 4.79 Å². The van der Waals surface area contributed by atoms with Gasteiger partial charge in [0.2, 0.25) is 0 Å². The van der Waals surface area contributed by atoms with Crippen molar-refractivity contribution >= 4 is 40.0 Å². The Balaban J connectivity index is 2.18. The maximum atomic E-state index is 12.8. The Morgan fingerprint density at radius 1 is 1.10 bits per heavy atom. The number of rotatable bonds is 3. The van der Waals surface area contributed by atoms with Gasteiger partial charge in [-0.15, -0.1) is 11.8 Å². The van der Waals surface area contributed by atoms with E-state index in [2.05, 4.69) is 4.98 Å². The van der Waals surface area contributed by atoms with Crippen molar-refractivity contribution in [1.29, 1.82) is 0 Å². The summed E-state index contributed by atoms with van der Waals surface area (Å²) in [5, 5.41) is 1.38. The van der Waals surface area contributed by atoms with Crippen LogP contribution in [-0.4, -0.2) is 17.0 Å². The second-order valence-corrected chi connectivity index (χ2v) is 5.65. The average Bonchev–Trinajstić information content (AvgIpc) is 2.92. The molecule has 0 atom stereocenters. The number of ketones is 1. The number of H-pyrrole nitrogens is 1. The molecule has 1 aromatic heterocycles. The number of carbonyl (C=O) groups excluding carboxylic acids is 1. The van der Waals surface area contributed by atoms with Crippen LogP contribution in [-0.2, 0) is 0 Å². The highest BCUT2D eigenvalue weighted by molar-refractivity contribution is 7.98. The maximum Gasteiger partial charge on any atom is 0.196 e. The average molecular weight is 302 g/mol. The third-order valence-corrected chi connectivity index (χ3v) is 4.36. The first kappa shape index (κ1) is 13.3. The molecule has 100 valence electrons. The van der Waals surface area contributed by atoms with E-state index in [1.165, 1.54) is 0 Å². The van der Waals surface area contributed by atoms with E-state index in [0.717, 1.165) is 15.8 Å². The summed E-state index contributed by atoms with van der Waals surface area (Å²) in [5.41, 5.74) is 2.20. The lowest BCUT2D eigenvalue weighted by Gasteiger charge is -2.05. The van der Waals surface area contributed by atoms with Crippen molar-refractivity contribution in [2.75, 3.05) is 6.26 Å². The number of carbonyl (C=O) groups is 1. The van der Waals surface area contributed by atoms with Gasteiger partial charge < -0.3 is 4.98 Å². The van der Waals surface area contributed by atoms with Gasteiger partial charge in [-0.1, -0.05) is 29.8 Å². The van der Waals surface area contributed by atoms with E-state index < -0.39 is 0 Å². The lowest BCUT2D eigenvalue weighted by Crippen LogP contribution is -2.02. The molecule has 0 aliphatic carbocycles. The normalized spacial score (nSPS) is 10.9. The minimum Gasteiger partial charge on any atom is -0.360 e. The summed E-state index contributed by atoms with van der Waals surface area (Å²) >= 11 is 7.80. The molecule has 1 N–H and O–H groups in total. The zero-order valence-corrected chi connectivity index (χ0v) is 12.4. The van der Waals surface area contributed by atoms with E-state index in [1.807, 2.05) is 42.7 Å². The van der Waals surface area contributed by atoms with Gasteiger partial charge in [0, 0.05) is 33.1 Å². The molecule has 0 spiro atoms. The standard InChI is InChI=1S/C16H12ClNOS/c1-20-14-8-3-2-5-10(14)16(19)11-9-18-13-7-4-6-12(17)15(11)13/h2-9,18H,1H3. The van der Waals surface area contributed by atoms with E-state index >= 15 is 0 Å². The summed E-state index contributed by atoms with van der Waals surface area (Å²) in [5.74, 6) is -0.00528. The molecule has 3 rings (SSSR count). The Kier molecular flexibility index (Phi) is 3.55. The molecule has 2 aromatic carbocycles. The van der Waals surface area contributed by atoms with Crippen molar-refractivity contribution in [2.24, 2.45) is 0 Å². The van der Waals surface area contributed by atoms with Crippen LogP contribution in [0.1, 0.15) is 15.9 Å². The molecule has 0 unspecified atom stereocenters. The molecule has 0 aliphatic rings. The molecular weight excluding hydrogens is 290 g/mol. The Morgan fingerprint density at radius 2 is 1.90 bits per heavy atom. The summed E-state index contributed by atoms with van der Waals surface area (Å²) in [6, 6.07) is 13.2. The summed E-state index contributed by atoms with van der Waals surface area (Å²) in [7, 11) is 0. The Hall–Kier alpha value is -1.71. The van der Waals surface area contributed by atoms with Crippen LogP contribution in [0.15, 0.2) is 53.6 Å². The van der Waals surface area contributed by atoms with Gasteiger partial charge >= 0.3 is 0 Å². The number of hydrogen-bond acceptors (Lipinski definition) is 2. The molecule has 4 heteroatoms. The molecule has 1 heterocycles. The zero-order valence-electron chi connectivity index (χ0n) is 10.8. The van der Waals surface area contributed by atoms with Crippen molar-refractivity contribution in [3.63, 3.8) is 0 Å².